The molecule has 5 rings (SSSR count). The summed E-state index contributed by atoms with van der Waals surface area (Å²) < 4.78 is 23.4. The van der Waals surface area contributed by atoms with Crippen LogP contribution in [0.4, 0.5) is 5.95 Å². The van der Waals surface area contributed by atoms with Crippen LogP contribution in [0.1, 0.15) is 23.4 Å². The molecule has 0 bridgehead atoms. The highest BCUT2D eigenvalue weighted by atomic mass is 16.5. The van der Waals surface area contributed by atoms with Crippen molar-refractivity contribution in [1.82, 2.24) is 14.5 Å². The zero-order chi connectivity index (χ0) is 27.2. The summed E-state index contributed by atoms with van der Waals surface area (Å²) in [6, 6.07) is 18.1. The second kappa shape index (κ2) is 11.9. The minimum Gasteiger partial charge on any atom is -0.497 e. The Morgan fingerprint density at radius 1 is 1.05 bits per heavy atom. The van der Waals surface area contributed by atoms with Crippen molar-refractivity contribution in [3.05, 3.63) is 78.9 Å². The second-order valence-electron chi connectivity index (χ2n) is 9.09. The van der Waals surface area contributed by atoms with Gasteiger partial charge in [-0.3, -0.25) is 19.5 Å². The molecule has 2 aromatic carbocycles. The molecule has 39 heavy (non-hydrogen) atoms. The summed E-state index contributed by atoms with van der Waals surface area (Å²) in [4.78, 5) is 32.6. The van der Waals surface area contributed by atoms with Gasteiger partial charge in [0, 0.05) is 30.6 Å². The van der Waals surface area contributed by atoms with E-state index >= 15 is 0 Å². The number of hydrogen-bond acceptors (Lipinski definition) is 7. The largest absolute Gasteiger partial charge is 0.497 e. The average Bonchev–Trinajstić information content (AvgIpc) is 3.75. The number of amides is 2. The summed E-state index contributed by atoms with van der Waals surface area (Å²) in [5, 5.41) is 2.90. The van der Waals surface area contributed by atoms with Crippen molar-refractivity contribution >= 4 is 17.8 Å². The maximum atomic E-state index is 13.3. The van der Waals surface area contributed by atoms with Gasteiger partial charge < -0.3 is 23.5 Å². The average molecular weight is 531 g/mol. The van der Waals surface area contributed by atoms with Gasteiger partial charge in [0.05, 0.1) is 32.3 Å². The van der Waals surface area contributed by atoms with Crippen molar-refractivity contribution in [2.24, 2.45) is 0 Å². The van der Waals surface area contributed by atoms with Gasteiger partial charge in [0.1, 0.15) is 18.0 Å². The topological polar surface area (TPSA) is 108 Å². The zero-order valence-corrected chi connectivity index (χ0v) is 21.8. The molecule has 1 aliphatic rings. The van der Waals surface area contributed by atoms with Gasteiger partial charge in [0.15, 0.2) is 5.76 Å². The van der Waals surface area contributed by atoms with Gasteiger partial charge in [0.2, 0.25) is 11.9 Å². The van der Waals surface area contributed by atoms with Crippen molar-refractivity contribution in [3.63, 3.8) is 0 Å². The van der Waals surface area contributed by atoms with E-state index in [0.717, 1.165) is 29.8 Å². The summed E-state index contributed by atoms with van der Waals surface area (Å²) in [6.07, 6.45) is 4.91. The third-order valence-electron chi connectivity index (χ3n) is 6.50. The first-order valence-electron chi connectivity index (χ1n) is 12.7. The molecule has 1 fully saturated rings. The molecule has 1 N–H and O–H groups in total. The number of carbonyl (C=O) groups excluding carboxylic acids is 2. The highest BCUT2D eigenvalue weighted by Crippen LogP contribution is 2.27. The van der Waals surface area contributed by atoms with E-state index in [1.165, 1.54) is 11.2 Å². The number of rotatable bonds is 10. The van der Waals surface area contributed by atoms with Crippen LogP contribution in [0.25, 0.3) is 16.9 Å². The lowest BCUT2D eigenvalue weighted by Crippen LogP contribution is -2.42. The fourth-order valence-electron chi connectivity index (χ4n) is 4.46. The molecule has 1 atom stereocenters. The summed E-state index contributed by atoms with van der Waals surface area (Å²) in [7, 11) is 3.21. The van der Waals surface area contributed by atoms with Crippen LogP contribution in [0.5, 0.6) is 11.5 Å². The van der Waals surface area contributed by atoms with Crippen molar-refractivity contribution in [1.29, 1.82) is 0 Å². The van der Waals surface area contributed by atoms with Crippen LogP contribution in [0.3, 0.4) is 0 Å². The first-order chi connectivity index (χ1) is 19.0. The smallest absolute Gasteiger partial charge is 0.290 e. The zero-order valence-electron chi connectivity index (χ0n) is 21.8. The second-order valence-corrected chi connectivity index (χ2v) is 9.09. The van der Waals surface area contributed by atoms with Crippen molar-refractivity contribution in [2.45, 2.75) is 18.9 Å². The first kappa shape index (κ1) is 26.1. The molecule has 0 radical (unpaired) electrons. The fourth-order valence-corrected chi connectivity index (χ4v) is 4.46. The number of carbonyl (C=O) groups is 2. The van der Waals surface area contributed by atoms with E-state index in [-0.39, 0.29) is 30.9 Å². The molecule has 1 aliphatic heterocycles. The van der Waals surface area contributed by atoms with E-state index in [9.17, 15) is 9.59 Å². The van der Waals surface area contributed by atoms with Crippen LogP contribution in [-0.2, 0) is 9.53 Å². The van der Waals surface area contributed by atoms with Crippen LogP contribution >= 0.6 is 0 Å². The van der Waals surface area contributed by atoms with Gasteiger partial charge in [-0.2, -0.15) is 0 Å². The van der Waals surface area contributed by atoms with Gasteiger partial charge in [-0.1, -0.05) is 0 Å². The highest BCUT2D eigenvalue weighted by Gasteiger charge is 2.27. The Morgan fingerprint density at radius 3 is 2.38 bits per heavy atom. The molecular formula is C29H30N4O6. The molecule has 202 valence electrons. The lowest BCUT2D eigenvalue weighted by molar-refractivity contribution is -0.117. The minimum absolute atomic E-state index is 0.125. The van der Waals surface area contributed by atoms with E-state index in [0.29, 0.717) is 24.0 Å². The van der Waals surface area contributed by atoms with Crippen LogP contribution in [-0.4, -0.2) is 66.3 Å². The van der Waals surface area contributed by atoms with E-state index < -0.39 is 5.91 Å². The fraction of sp³-hybridized carbons (Fsp3) is 0.276. The standard InChI is InChI=1S/C29H30N4O6/c1-36-22-11-7-20(8-12-22)25-18-33(21-9-13-23(37-2)14-10-21)29(30-25)31-27(34)19-32(17-24-5-3-15-38-24)28(35)26-6-4-16-39-26/h4,6-14,16,18,24H,3,5,15,17,19H2,1-2H3,(H,30,31,34)/t24-/m0/s1. The molecule has 3 heterocycles. The lowest BCUT2D eigenvalue weighted by Gasteiger charge is -2.24. The Balaban J connectivity index is 1.41. The minimum atomic E-state index is -0.394. The van der Waals surface area contributed by atoms with Gasteiger partial charge in [-0.05, 0) is 73.5 Å². The predicted molar refractivity (Wildman–Crippen MR) is 144 cm³/mol. The van der Waals surface area contributed by atoms with E-state index in [4.69, 9.17) is 23.6 Å². The molecule has 0 spiro atoms. The van der Waals surface area contributed by atoms with Crippen LogP contribution in [0.2, 0.25) is 0 Å². The van der Waals surface area contributed by atoms with Crippen molar-refractivity contribution in [3.8, 4) is 28.4 Å². The number of ether oxygens (including phenoxy) is 3. The number of furan rings is 1. The maximum absolute atomic E-state index is 13.3. The molecule has 4 aromatic rings. The van der Waals surface area contributed by atoms with Crippen LogP contribution < -0.4 is 14.8 Å². The SMILES string of the molecule is COc1ccc(-c2cn(-c3ccc(OC)cc3)c(NC(=O)CN(C[C@@H]3CCCO3)C(=O)c3ccco3)n2)cc1. The molecular weight excluding hydrogens is 500 g/mol. The maximum Gasteiger partial charge on any atom is 0.290 e. The van der Waals surface area contributed by atoms with Gasteiger partial charge in [-0.15, -0.1) is 0 Å². The van der Waals surface area contributed by atoms with E-state index in [1.54, 1.807) is 30.9 Å². The van der Waals surface area contributed by atoms with Gasteiger partial charge >= 0.3 is 0 Å². The van der Waals surface area contributed by atoms with Crippen molar-refractivity contribution < 1.29 is 28.2 Å². The van der Waals surface area contributed by atoms with Crippen LogP contribution in [0, 0.1) is 0 Å². The Morgan fingerprint density at radius 2 is 1.77 bits per heavy atom. The summed E-state index contributed by atoms with van der Waals surface area (Å²) in [5.41, 5.74) is 2.29. The number of imidazole rings is 1. The Kier molecular flexibility index (Phi) is 7.93. The number of methoxy groups -OCH3 is 2. The molecule has 0 saturated carbocycles. The van der Waals surface area contributed by atoms with Crippen LogP contribution in [0.15, 0.2) is 77.5 Å². The molecule has 10 heteroatoms. The molecule has 10 nitrogen and oxygen atoms in total. The van der Waals surface area contributed by atoms with Gasteiger partial charge in [0.25, 0.3) is 5.91 Å². The number of nitrogens with one attached hydrogen (secondary N) is 1. The number of aromatic nitrogens is 2. The van der Waals surface area contributed by atoms with Crippen molar-refractivity contribution in [2.75, 3.05) is 39.2 Å². The third-order valence-corrected chi connectivity index (χ3v) is 6.50. The number of hydrogen-bond donors (Lipinski definition) is 1. The molecule has 2 aromatic heterocycles. The Hall–Kier alpha value is -4.57. The predicted octanol–water partition coefficient (Wildman–Crippen LogP) is 4.41. The molecule has 1 saturated heterocycles. The molecule has 0 unspecified atom stereocenters. The summed E-state index contributed by atoms with van der Waals surface area (Å²) >= 11 is 0. The third kappa shape index (κ3) is 6.12. The molecule has 2 amide bonds. The monoisotopic (exact) mass is 530 g/mol. The Labute approximate surface area is 226 Å². The number of anilines is 1. The number of benzene rings is 2. The van der Waals surface area contributed by atoms with E-state index in [2.05, 4.69) is 5.32 Å². The number of nitrogens with zero attached hydrogens (tertiary/aromatic N) is 3. The molecule has 0 aliphatic carbocycles. The normalized spacial score (nSPS) is 14.7. The first-order valence-corrected chi connectivity index (χ1v) is 12.7. The van der Waals surface area contributed by atoms with Gasteiger partial charge in [-0.25, -0.2) is 4.98 Å². The van der Waals surface area contributed by atoms with E-state index in [1.807, 2.05) is 54.7 Å². The highest BCUT2D eigenvalue weighted by molar-refractivity contribution is 5.97. The summed E-state index contributed by atoms with van der Waals surface area (Å²) in [6.45, 7) is 0.747. The Bertz CT molecular complexity index is 1390. The quantitative estimate of drug-likeness (QED) is 0.324. The lowest BCUT2D eigenvalue weighted by atomic mass is 10.1. The summed E-state index contributed by atoms with van der Waals surface area (Å²) in [5.74, 6) is 1.16.